The highest BCUT2D eigenvalue weighted by Crippen LogP contribution is 2.31. The molecule has 0 aliphatic rings. The molecule has 0 rings (SSSR count). The standard InChI is InChI=1S/C19H37NO3/c1-10-16(15(11-12-21)13-14(2)3)20(18(4,5)6)17(22)23-19(7,8)9/h12,14-16H,10-11,13H2,1-9H3. The Morgan fingerprint density at radius 3 is 1.96 bits per heavy atom. The second kappa shape index (κ2) is 8.70. The molecular weight excluding hydrogens is 290 g/mol. The Morgan fingerprint density at radius 2 is 1.65 bits per heavy atom. The Labute approximate surface area is 143 Å². The minimum atomic E-state index is -0.531. The number of amides is 1. The fourth-order valence-electron chi connectivity index (χ4n) is 3.08. The Morgan fingerprint density at radius 1 is 1.13 bits per heavy atom. The number of hydrogen-bond donors (Lipinski definition) is 0. The highest BCUT2D eigenvalue weighted by molar-refractivity contribution is 5.69. The van der Waals surface area contributed by atoms with Crippen molar-refractivity contribution in [1.82, 2.24) is 4.90 Å². The van der Waals surface area contributed by atoms with E-state index in [1.165, 1.54) is 0 Å². The van der Waals surface area contributed by atoms with Crippen molar-refractivity contribution in [3.05, 3.63) is 0 Å². The lowest BCUT2D eigenvalue weighted by Crippen LogP contribution is -2.55. The molecule has 0 N–H and O–H groups in total. The molecule has 0 spiro atoms. The van der Waals surface area contributed by atoms with E-state index in [4.69, 9.17) is 4.74 Å². The third-order valence-electron chi connectivity index (χ3n) is 3.78. The van der Waals surface area contributed by atoms with Gasteiger partial charge in [0.25, 0.3) is 0 Å². The molecule has 136 valence electrons. The quantitative estimate of drug-likeness (QED) is 0.615. The SMILES string of the molecule is CCC(C(CC=O)CC(C)C)N(C(=O)OC(C)(C)C)C(C)(C)C. The van der Waals surface area contributed by atoms with Gasteiger partial charge in [-0.3, -0.25) is 0 Å². The largest absolute Gasteiger partial charge is 0.444 e. The molecule has 0 radical (unpaired) electrons. The molecule has 0 aromatic carbocycles. The first kappa shape index (κ1) is 21.9. The van der Waals surface area contributed by atoms with Crippen LogP contribution in [0.5, 0.6) is 0 Å². The summed E-state index contributed by atoms with van der Waals surface area (Å²) in [7, 11) is 0. The van der Waals surface area contributed by atoms with Gasteiger partial charge in [0.05, 0.1) is 0 Å². The highest BCUT2D eigenvalue weighted by atomic mass is 16.6. The molecule has 0 fully saturated rings. The van der Waals surface area contributed by atoms with E-state index in [-0.39, 0.29) is 23.6 Å². The summed E-state index contributed by atoms with van der Waals surface area (Å²) in [5, 5.41) is 0. The fraction of sp³-hybridized carbons (Fsp3) is 0.895. The topological polar surface area (TPSA) is 46.6 Å². The molecule has 0 aromatic rings. The van der Waals surface area contributed by atoms with E-state index in [1.54, 1.807) is 0 Å². The number of rotatable bonds is 7. The second-order valence-corrected chi connectivity index (χ2v) is 8.79. The molecule has 4 heteroatoms. The second-order valence-electron chi connectivity index (χ2n) is 8.79. The third kappa shape index (κ3) is 7.85. The smallest absolute Gasteiger partial charge is 0.410 e. The highest BCUT2D eigenvalue weighted by Gasteiger charge is 2.39. The van der Waals surface area contributed by atoms with Gasteiger partial charge >= 0.3 is 6.09 Å². The Bertz CT molecular complexity index is 377. The maximum Gasteiger partial charge on any atom is 0.410 e. The molecule has 0 saturated carbocycles. The van der Waals surface area contributed by atoms with Gasteiger partial charge in [0.2, 0.25) is 0 Å². The minimum absolute atomic E-state index is 0.00236. The minimum Gasteiger partial charge on any atom is -0.444 e. The molecule has 0 aromatic heterocycles. The summed E-state index contributed by atoms with van der Waals surface area (Å²) in [5.74, 6) is 0.638. The third-order valence-corrected chi connectivity index (χ3v) is 3.78. The maximum atomic E-state index is 12.8. The van der Waals surface area contributed by atoms with Crippen LogP contribution in [0.3, 0.4) is 0 Å². The monoisotopic (exact) mass is 327 g/mol. The van der Waals surface area contributed by atoms with Crippen LogP contribution in [0.15, 0.2) is 0 Å². The molecule has 0 aliphatic heterocycles. The number of ether oxygens (including phenoxy) is 1. The predicted molar refractivity (Wildman–Crippen MR) is 95.5 cm³/mol. The maximum absolute atomic E-state index is 12.8. The molecular formula is C19H37NO3. The molecule has 4 nitrogen and oxygen atoms in total. The Hall–Kier alpha value is -1.06. The van der Waals surface area contributed by atoms with Crippen LogP contribution in [0.25, 0.3) is 0 Å². The zero-order chi connectivity index (χ0) is 18.4. The first-order valence-electron chi connectivity index (χ1n) is 8.79. The molecule has 0 heterocycles. The normalized spacial score (nSPS) is 15.2. The van der Waals surface area contributed by atoms with Gasteiger partial charge in [-0.05, 0) is 66.2 Å². The van der Waals surface area contributed by atoms with Gasteiger partial charge < -0.3 is 14.4 Å². The number of aldehydes is 1. The average Bonchev–Trinajstić information content (AvgIpc) is 2.30. The molecule has 2 unspecified atom stereocenters. The van der Waals surface area contributed by atoms with Crippen LogP contribution in [-0.2, 0) is 9.53 Å². The molecule has 0 saturated heterocycles. The molecule has 0 aliphatic carbocycles. The number of carbonyl (C=O) groups excluding carboxylic acids is 2. The van der Waals surface area contributed by atoms with Gasteiger partial charge in [-0.2, -0.15) is 0 Å². The van der Waals surface area contributed by atoms with E-state index >= 15 is 0 Å². The van der Waals surface area contributed by atoms with Crippen LogP contribution in [0.4, 0.5) is 4.79 Å². The van der Waals surface area contributed by atoms with Crippen molar-refractivity contribution in [3.63, 3.8) is 0 Å². The van der Waals surface area contributed by atoms with Crippen LogP contribution >= 0.6 is 0 Å². The first-order chi connectivity index (χ1) is 10.3. The molecule has 2 atom stereocenters. The van der Waals surface area contributed by atoms with Crippen LogP contribution in [-0.4, -0.2) is 34.5 Å². The van der Waals surface area contributed by atoms with Crippen molar-refractivity contribution in [2.75, 3.05) is 0 Å². The number of nitrogens with zero attached hydrogens (tertiary/aromatic N) is 1. The summed E-state index contributed by atoms with van der Waals surface area (Å²) in [6.07, 6.45) is 2.89. The number of carbonyl (C=O) groups is 2. The van der Waals surface area contributed by atoms with Crippen molar-refractivity contribution in [2.24, 2.45) is 11.8 Å². The first-order valence-corrected chi connectivity index (χ1v) is 8.79. The van der Waals surface area contributed by atoms with E-state index in [9.17, 15) is 9.59 Å². The Balaban J connectivity index is 5.61. The Kier molecular flexibility index (Phi) is 8.30. The zero-order valence-corrected chi connectivity index (χ0v) is 16.6. The van der Waals surface area contributed by atoms with Crippen molar-refractivity contribution in [2.45, 2.75) is 98.8 Å². The summed E-state index contributed by atoms with van der Waals surface area (Å²) in [6.45, 7) is 18.1. The van der Waals surface area contributed by atoms with Crippen molar-refractivity contribution < 1.29 is 14.3 Å². The lowest BCUT2D eigenvalue weighted by Gasteiger charge is -2.45. The lowest BCUT2D eigenvalue weighted by atomic mass is 9.84. The molecule has 0 bridgehead atoms. The average molecular weight is 328 g/mol. The van der Waals surface area contributed by atoms with Gasteiger partial charge in [-0.1, -0.05) is 20.8 Å². The molecule has 1 amide bonds. The van der Waals surface area contributed by atoms with Crippen LogP contribution in [0.1, 0.15) is 81.6 Å². The summed E-state index contributed by atoms with van der Waals surface area (Å²) >= 11 is 0. The van der Waals surface area contributed by atoms with E-state index in [2.05, 4.69) is 20.8 Å². The van der Waals surface area contributed by atoms with Crippen molar-refractivity contribution in [1.29, 1.82) is 0 Å². The lowest BCUT2D eigenvalue weighted by molar-refractivity contribution is -0.109. The predicted octanol–water partition coefficient (Wildman–Crippen LogP) is 5.05. The zero-order valence-electron chi connectivity index (χ0n) is 16.6. The summed E-state index contributed by atoms with van der Waals surface area (Å²) in [4.78, 5) is 25.8. The van der Waals surface area contributed by atoms with Crippen molar-refractivity contribution in [3.8, 4) is 0 Å². The van der Waals surface area contributed by atoms with Gasteiger partial charge in [-0.15, -0.1) is 0 Å². The van der Waals surface area contributed by atoms with Crippen molar-refractivity contribution >= 4 is 12.4 Å². The van der Waals surface area contributed by atoms with E-state index < -0.39 is 5.60 Å². The van der Waals surface area contributed by atoms with E-state index in [1.807, 2.05) is 46.4 Å². The van der Waals surface area contributed by atoms with Crippen LogP contribution in [0, 0.1) is 11.8 Å². The van der Waals surface area contributed by atoms with E-state index in [0.717, 1.165) is 19.1 Å². The number of hydrogen-bond acceptors (Lipinski definition) is 3. The fourth-order valence-corrected chi connectivity index (χ4v) is 3.08. The van der Waals surface area contributed by atoms with Gasteiger partial charge in [0.1, 0.15) is 11.9 Å². The van der Waals surface area contributed by atoms with E-state index in [0.29, 0.717) is 12.3 Å². The van der Waals surface area contributed by atoms with Gasteiger partial charge in [0, 0.05) is 18.0 Å². The van der Waals surface area contributed by atoms with Gasteiger partial charge in [-0.25, -0.2) is 4.79 Å². The van der Waals surface area contributed by atoms with Crippen LogP contribution in [0.2, 0.25) is 0 Å². The summed E-state index contributed by atoms with van der Waals surface area (Å²) in [5.41, 5.74) is -0.891. The molecule has 23 heavy (non-hydrogen) atoms. The summed E-state index contributed by atoms with van der Waals surface area (Å²) < 4.78 is 5.64. The van der Waals surface area contributed by atoms with Gasteiger partial charge in [0.15, 0.2) is 0 Å². The van der Waals surface area contributed by atoms with Crippen LogP contribution < -0.4 is 0 Å². The summed E-state index contributed by atoms with van der Waals surface area (Å²) in [6, 6.07) is -0.00236.